The Morgan fingerprint density at radius 2 is 2.33 bits per heavy atom. The molecule has 0 fully saturated rings. The van der Waals surface area contributed by atoms with Gasteiger partial charge in [0.2, 0.25) is 0 Å². The van der Waals surface area contributed by atoms with E-state index in [-0.39, 0.29) is 5.75 Å². The van der Waals surface area contributed by atoms with Crippen LogP contribution in [0.15, 0.2) is 12.7 Å². The topological polar surface area (TPSA) is 109 Å². The average Bonchev–Trinajstić information content (AvgIpc) is 2.93. The summed E-state index contributed by atoms with van der Waals surface area (Å²) in [5.74, 6) is 0.326. The van der Waals surface area contributed by atoms with E-state index in [0.29, 0.717) is 22.9 Å². The molecule has 18 heavy (non-hydrogen) atoms. The van der Waals surface area contributed by atoms with E-state index in [1.807, 2.05) is 0 Å². The largest absolute Gasteiger partial charge is 0.481 e. The van der Waals surface area contributed by atoms with Crippen LogP contribution in [0, 0.1) is 0 Å². The molecule has 92 valence electrons. The Balaban J connectivity index is 1.96. The van der Waals surface area contributed by atoms with Gasteiger partial charge in [0.1, 0.15) is 17.7 Å². The number of hydrogen-bond donors (Lipinski definition) is 2. The fraction of sp³-hybridized carbons (Fsp3) is 0.222. The van der Waals surface area contributed by atoms with Crippen LogP contribution in [0.25, 0.3) is 16.8 Å². The second kappa shape index (κ2) is 4.26. The second-order valence-corrected chi connectivity index (χ2v) is 4.53. The number of hydrogen-bond acceptors (Lipinski definition) is 6. The van der Waals surface area contributed by atoms with Gasteiger partial charge in [-0.25, -0.2) is 9.97 Å². The first-order valence-corrected chi connectivity index (χ1v) is 6.22. The summed E-state index contributed by atoms with van der Waals surface area (Å²) >= 11 is 1.26. The molecule has 0 unspecified atom stereocenters. The molecule has 0 spiro atoms. The van der Waals surface area contributed by atoms with Crippen molar-refractivity contribution in [3.05, 3.63) is 18.5 Å². The molecule has 0 aromatic carbocycles. The third-order valence-corrected chi connectivity index (χ3v) is 3.27. The van der Waals surface area contributed by atoms with Crippen LogP contribution in [0.5, 0.6) is 0 Å². The number of thioether (sulfide) groups is 1. The first-order valence-electron chi connectivity index (χ1n) is 5.07. The summed E-state index contributed by atoms with van der Waals surface area (Å²) < 4.78 is 1.73. The Kier molecular flexibility index (Phi) is 2.59. The minimum absolute atomic E-state index is 0.0364. The Hall–Kier alpha value is -2.16. The van der Waals surface area contributed by atoms with Gasteiger partial charge < -0.3 is 10.1 Å². The van der Waals surface area contributed by atoms with Gasteiger partial charge in [-0.1, -0.05) is 0 Å². The Morgan fingerprint density at radius 3 is 3.17 bits per heavy atom. The Labute approximate surface area is 104 Å². The van der Waals surface area contributed by atoms with Crippen LogP contribution in [-0.4, -0.2) is 46.4 Å². The summed E-state index contributed by atoms with van der Waals surface area (Å²) in [4.78, 5) is 21.6. The molecule has 0 aliphatic heterocycles. The summed E-state index contributed by atoms with van der Waals surface area (Å²) in [5, 5.41) is 16.7. The van der Waals surface area contributed by atoms with Crippen LogP contribution in [-0.2, 0) is 10.5 Å². The third kappa shape index (κ3) is 1.78. The average molecular weight is 264 g/mol. The molecule has 0 aliphatic carbocycles. The fourth-order valence-corrected chi connectivity index (χ4v) is 2.26. The van der Waals surface area contributed by atoms with Gasteiger partial charge in [-0.15, -0.1) is 22.0 Å². The van der Waals surface area contributed by atoms with Crippen LogP contribution in [0.2, 0.25) is 0 Å². The van der Waals surface area contributed by atoms with Gasteiger partial charge in [0.25, 0.3) is 0 Å². The highest BCUT2D eigenvalue weighted by Gasteiger charge is 2.11. The van der Waals surface area contributed by atoms with Gasteiger partial charge in [0.15, 0.2) is 11.3 Å². The molecule has 3 aromatic heterocycles. The smallest absolute Gasteiger partial charge is 0.313 e. The van der Waals surface area contributed by atoms with Crippen LogP contribution in [0.4, 0.5) is 0 Å². The number of fused-ring (bicyclic) bond motifs is 3. The number of nitrogens with one attached hydrogen (secondary N) is 1. The first-order chi connectivity index (χ1) is 8.75. The van der Waals surface area contributed by atoms with Crippen molar-refractivity contribution in [2.45, 2.75) is 5.75 Å². The molecule has 0 aliphatic rings. The molecule has 0 radical (unpaired) electrons. The first kappa shape index (κ1) is 11.0. The van der Waals surface area contributed by atoms with Crippen molar-refractivity contribution in [3.8, 4) is 0 Å². The van der Waals surface area contributed by atoms with E-state index in [4.69, 9.17) is 5.11 Å². The van der Waals surface area contributed by atoms with Crippen molar-refractivity contribution in [3.63, 3.8) is 0 Å². The molecular formula is C9H8N6O2S. The van der Waals surface area contributed by atoms with E-state index in [1.165, 1.54) is 11.8 Å². The number of carboxylic acid groups (broad SMARTS) is 1. The number of aromatic amines is 1. The fourth-order valence-electron chi connectivity index (χ4n) is 1.61. The van der Waals surface area contributed by atoms with E-state index in [0.717, 1.165) is 5.52 Å². The summed E-state index contributed by atoms with van der Waals surface area (Å²) in [7, 11) is 0. The Bertz CT molecular complexity index is 720. The van der Waals surface area contributed by atoms with Crippen LogP contribution in [0.1, 0.15) is 5.82 Å². The maximum absolute atomic E-state index is 10.4. The highest BCUT2D eigenvalue weighted by atomic mass is 32.2. The zero-order valence-electron chi connectivity index (χ0n) is 9.07. The predicted molar refractivity (Wildman–Crippen MR) is 64.2 cm³/mol. The third-order valence-electron chi connectivity index (χ3n) is 2.36. The van der Waals surface area contributed by atoms with Gasteiger partial charge in [-0.2, -0.15) is 0 Å². The maximum atomic E-state index is 10.4. The number of H-pyrrole nitrogens is 1. The standard InChI is InChI=1S/C9H8N6O2S/c16-6(17)2-18-1-5-13-14-9-7-8(11-3-10-7)12-4-15(5)9/h3-4H,1-2H2,(H,10,11)(H,16,17). The number of carboxylic acids is 1. The minimum atomic E-state index is -0.845. The van der Waals surface area contributed by atoms with Gasteiger partial charge in [-0.3, -0.25) is 9.20 Å². The number of carbonyl (C=O) groups is 1. The van der Waals surface area contributed by atoms with Gasteiger partial charge in [0, 0.05) is 0 Å². The van der Waals surface area contributed by atoms with E-state index in [1.54, 1.807) is 17.1 Å². The van der Waals surface area contributed by atoms with E-state index in [9.17, 15) is 4.79 Å². The number of aliphatic carboxylic acids is 1. The highest BCUT2D eigenvalue weighted by Crippen LogP contribution is 2.16. The van der Waals surface area contributed by atoms with Crippen molar-refractivity contribution in [2.75, 3.05) is 5.75 Å². The lowest BCUT2D eigenvalue weighted by Gasteiger charge is -1.98. The van der Waals surface area contributed by atoms with Crippen LogP contribution < -0.4 is 0 Å². The lowest BCUT2D eigenvalue weighted by Crippen LogP contribution is -2.00. The summed E-state index contributed by atoms with van der Waals surface area (Å²) in [5.41, 5.74) is 1.95. The molecule has 9 heteroatoms. The molecule has 0 atom stereocenters. The number of aromatic nitrogens is 6. The van der Waals surface area contributed by atoms with Gasteiger partial charge >= 0.3 is 5.97 Å². The van der Waals surface area contributed by atoms with Crippen LogP contribution in [0.3, 0.4) is 0 Å². The van der Waals surface area contributed by atoms with Gasteiger partial charge in [0.05, 0.1) is 17.8 Å². The molecule has 0 amide bonds. The molecule has 3 aromatic rings. The number of nitrogens with zero attached hydrogens (tertiary/aromatic N) is 5. The van der Waals surface area contributed by atoms with Crippen molar-refractivity contribution in [1.29, 1.82) is 0 Å². The van der Waals surface area contributed by atoms with E-state index < -0.39 is 5.97 Å². The molecule has 2 N–H and O–H groups in total. The molecule has 0 saturated heterocycles. The van der Waals surface area contributed by atoms with E-state index >= 15 is 0 Å². The molecule has 3 heterocycles. The molecule has 8 nitrogen and oxygen atoms in total. The normalized spacial score (nSPS) is 11.3. The van der Waals surface area contributed by atoms with Crippen molar-refractivity contribution < 1.29 is 9.90 Å². The lowest BCUT2D eigenvalue weighted by atomic mass is 10.5. The summed E-state index contributed by atoms with van der Waals surface area (Å²) in [6, 6.07) is 0. The molecule has 3 rings (SSSR count). The SMILES string of the molecule is O=C(O)CSCc1nnc2c3[nH]cnc3ncn12. The number of rotatable bonds is 4. The zero-order valence-corrected chi connectivity index (χ0v) is 9.89. The van der Waals surface area contributed by atoms with E-state index in [2.05, 4.69) is 25.1 Å². The van der Waals surface area contributed by atoms with Crippen molar-refractivity contribution >= 4 is 34.5 Å². The summed E-state index contributed by atoms with van der Waals surface area (Å²) in [6.07, 6.45) is 3.14. The van der Waals surface area contributed by atoms with Crippen LogP contribution >= 0.6 is 11.8 Å². The second-order valence-electron chi connectivity index (χ2n) is 3.54. The number of imidazole rings is 1. The lowest BCUT2D eigenvalue weighted by molar-refractivity contribution is -0.133. The zero-order chi connectivity index (χ0) is 12.5. The van der Waals surface area contributed by atoms with Gasteiger partial charge in [-0.05, 0) is 0 Å². The highest BCUT2D eigenvalue weighted by molar-refractivity contribution is 7.99. The summed E-state index contributed by atoms with van der Waals surface area (Å²) in [6.45, 7) is 0. The van der Waals surface area contributed by atoms with Crippen molar-refractivity contribution in [2.24, 2.45) is 0 Å². The molecule has 0 saturated carbocycles. The molecule has 0 bridgehead atoms. The maximum Gasteiger partial charge on any atom is 0.313 e. The van der Waals surface area contributed by atoms with Crippen molar-refractivity contribution in [1.82, 2.24) is 29.5 Å². The predicted octanol–water partition coefficient (Wildman–Crippen LogP) is 0.318. The quantitative estimate of drug-likeness (QED) is 0.698. The molecular weight excluding hydrogens is 256 g/mol. The minimum Gasteiger partial charge on any atom is -0.481 e. The monoisotopic (exact) mass is 264 g/mol. The Morgan fingerprint density at radius 1 is 1.44 bits per heavy atom.